The Balaban J connectivity index is 1.71. The quantitative estimate of drug-likeness (QED) is 0.435. The Morgan fingerprint density at radius 2 is 1.83 bits per heavy atom. The van der Waals surface area contributed by atoms with Crippen molar-refractivity contribution in [2.24, 2.45) is 0 Å². The summed E-state index contributed by atoms with van der Waals surface area (Å²) in [4.78, 5) is 16.0. The summed E-state index contributed by atoms with van der Waals surface area (Å²) in [7, 11) is -7.05. The van der Waals surface area contributed by atoms with Gasteiger partial charge in [-0.1, -0.05) is 0 Å². The number of amides is 1. The molecule has 2 atom stereocenters. The molecule has 3 N–H and O–H groups in total. The second-order valence-corrected chi connectivity index (χ2v) is 12.5. The molecule has 2 unspecified atom stereocenters. The Labute approximate surface area is 204 Å². The monoisotopic (exact) mass is 530 g/mol. The number of alkyl carbamates (subject to hydrolysis) is 1. The second-order valence-electron chi connectivity index (χ2n) is 8.62. The summed E-state index contributed by atoms with van der Waals surface area (Å²) in [6.07, 6.45) is 3.20. The van der Waals surface area contributed by atoms with Crippen molar-refractivity contribution in [3.63, 3.8) is 0 Å². The minimum atomic E-state index is -4.15. The molecular weight excluding hydrogens is 500 g/mol. The highest BCUT2D eigenvalue weighted by Crippen LogP contribution is 2.36. The average Bonchev–Trinajstić information content (AvgIpc) is 3.35. The largest absolute Gasteiger partial charge is 0.479 e. The lowest BCUT2D eigenvalue weighted by Crippen LogP contribution is -2.35. The van der Waals surface area contributed by atoms with Crippen LogP contribution >= 0.6 is 0 Å². The predicted octanol–water partition coefficient (Wildman–Crippen LogP) is 2.05. The number of sulfonamides is 2. The maximum Gasteiger partial charge on any atom is 0.407 e. The molecule has 2 aromatic rings. The Kier molecular flexibility index (Phi) is 7.79. The molecule has 1 saturated carbocycles. The molecule has 0 aliphatic heterocycles. The molecule has 35 heavy (non-hydrogen) atoms. The fourth-order valence-corrected chi connectivity index (χ4v) is 6.85. The molecule has 0 radical (unpaired) electrons. The van der Waals surface area contributed by atoms with E-state index in [-0.39, 0.29) is 39.2 Å². The number of aromatic nitrogens is 3. The van der Waals surface area contributed by atoms with Crippen LogP contribution in [0.5, 0.6) is 5.88 Å². The molecule has 15 heteroatoms. The zero-order valence-electron chi connectivity index (χ0n) is 20.1. The highest BCUT2D eigenvalue weighted by atomic mass is 32.3. The molecule has 194 valence electrons. The van der Waals surface area contributed by atoms with Crippen LogP contribution in [-0.2, 0) is 24.8 Å². The number of nitrogens with one attached hydrogen (secondary N) is 3. The smallest absolute Gasteiger partial charge is 0.407 e. The molecule has 0 spiro atoms. The van der Waals surface area contributed by atoms with Gasteiger partial charge in [0.15, 0.2) is 5.82 Å². The Morgan fingerprint density at radius 1 is 1.14 bits per heavy atom. The van der Waals surface area contributed by atoms with E-state index >= 15 is 0 Å². The zero-order valence-corrected chi connectivity index (χ0v) is 21.7. The van der Waals surface area contributed by atoms with Crippen molar-refractivity contribution in [3.05, 3.63) is 23.9 Å². The third-order valence-electron chi connectivity index (χ3n) is 5.19. The molecule has 1 amide bonds. The minimum Gasteiger partial charge on any atom is -0.479 e. The van der Waals surface area contributed by atoms with E-state index in [4.69, 9.17) is 9.47 Å². The molecule has 2 heterocycles. The maximum atomic E-state index is 12.1. The molecular formula is C20H30N6O7S2. The van der Waals surface area contributed by atoms with E-state index in [2.05, 4.69) is 25.8 Å². The van der Waals surface area contributed by atoms with Gasteiger partial charge in [-0.15, -0.1) is 0 Å². The van der Waals surface area contributed by atoms with Gasteiger partial charge < -0.3 is 20.1 Å². The van der Waals surface area contributed by atoms with Gasteiger partial charge in [0.05, 0.1) is 19.6 Å². The highest BCUT2D eigenvalue weighted by Gasteiger charge is 2.32. The molecule has 3 rings (SSSR count). The molecule has 0 bridgehead atoms. The summed E-state index contributed by atoms with van der Waals surface area (Å²) in [5, 5.41) is 12.9. The number of ether oxygens (including phenoxy) is 2. The average molecular weight is 531 g/mol. The molecule has 0 saturated heterocycles. The number of methoxy groups -OCH3 is 1. The number of pyridine rings is 1. The molecule has 0 aromatic carbocycles. The van der Waals surface area contributed by atoms with Crippen molar-refractivity contribution in [2.75, 3.05) is 28.6 Å². The number of rotatable bonds is 9. The van der Waals surface area contributed by atoms with Crippen LogP contribution < -0.4 is 19.1 Å². The van der Waals surface area contributed by atoms with E-state index in [9.17, 15) is 21.6 Å². The van der Waals surface area contributed by atoms with Gasteiger partial charge in [-0.25, -0.2) is 21.6 Å². The van der Waals surface area contributed by atoms with Crippen LogP contribution in [0.1, 0.15) is 44.7 Å². The summed E-state index contributed by atoms with van der Waals surface area (Å²) in [5.41, 5.74) is 0.635. The second kappa shape index (κ2) is 10.3. The third-order valence-corrected chi connectivity index (χ3v) is 8.41. The first kappa shape index (κ1) is 26.5. The van der Waals surface area contributed by atoms with Crippen molar-refractivity contribution in [1.82, 2.24) is 20.5 Å². The first-order chi connectivity index (χ1) is 16.3. The number of carbonyl (C=O) groups is 1. The summed E-state index contributed by atoms with van der Waals surface area (Å²) in [6.45, 7) is 3.73. The Hall–Kier alpha value is -3.07. The van der Waals surface area contributed by atoms with Crippen LogP contribution in [-0.4, -0.2) is 69.9 Å². The lowest BCUT2D eigenvalue weighted by Gasteiger charge is -2.21. The number of H-pyrrole nitrogens is 1. The van der Waals surface area contributed by atoms with E-state index in [0.717, 1.165) is 31.0 Å². The highest BCUT2D eigenvalue weighted by molar-refractivity contribution is 8.09. The normalized spacial score (nSPS) is 18.3. The van der Waals surface area contributed by atoms with Crippen LogP contribution in [0.25, 0.3) is 0 Å². The molecule has 1 aliphatic rings. The number of aromatic amines is 1. The van der Waals surface area contributed by atoms with Crippen molar-refractivity contribution in [1.29, 1.82) is 0 Å². The Morgan fingerprint density at radius 3 is 2.43 bits per heavy atom. The molecule has 1 fully saturated rings. The lowest BCUT2D eigenvalue weighted by atomic mass is 10.0. The van der Waals surface area contributed by atoms with E-state index < -0.39 is 26.1 Å². The third kappa shape index (κ3) is 6.75. The Bertz CT molecular complexity index is 1240. The van der Waals surface area contributed by atoms with Crippen LogP contribution in [0.3, 0.4) is 0 Å². The maximum absolute atomic E-state index is 12.1. The van der Waals surface area contributed by atoms with Gasteiger partial charge in [0.2, 0.25) is 25.9 Å². The van der Waals surface area contributed by atoms with Gasteiger partial charge in [-0.2, -0.15) is 13.8 Å². The minimum absolute atomic E-state index is 0.00283. The first-order valence-corrected chi connectivity index (χ1v) is 14.5. The molecule has 1 aliphatic carbocycles. The molecule has 2 aromatic heterocycles. The van der Waals surface area contributed by atoms with Crippen molar-refractivity contribution in [2.45, 2.75) is 51.2 Å². The van der Waals surface area contributed by atoms with Crippen molar-refractivity contribution in [3.8, 4) is 5.88 Å². The number of anilines is 3. The fraction of sp³-hybridized carbons (Fsp3) is 0.550. The zero-order chi connectivity index (χ0) is 26.0. The summed E-state index contributed by atoms with van der Waals surface area (Å²) >= 11 is 0. The number of nitrogens with zero attached hydrogens (tertiary/aromatic N) is 3. The van der Waals surface area contributed by atoms with Crippen LogP contribution in [0, 0.1) is 0 Å². The summed E-state index contributed by atoms with van der Waals surface area (Å²) < 4.78 is 59.2. The van der Waals surface area contributed by atoms with E-state index in [1.165, 1.54) is 19.2 Å². The van der Waals surface area contributed by atoms with Crippen LogP contribution in [0.2, 0.25) is 0 Å². The first-order valence-electron chi connectivity index (χ1n) is 10.8. The summed E-state index contributed by atoms with van der Waals surface area (Å²) in [6, 6.07) is 4.51. The number of carbonyl (C=O) groups excluding carboxylic acids is 1. The topological polar surface area (TPSA) is 173 Å². The SMILES string of the molecule is COc1nc(Nc2cc(C3CCC(OC(=O)NC(C)C)C3)[nH]n2)ccc1N(S(C)(=O)=O)S(C)(=O)=O. The van der Waals surface area contributed by atoms with E-state index in [1.54, 1.807) is 0 Å². The van der Waals surface area contributed by atoms with Gasteiger partial charge in [-0.3, -0.25) is 5.10 Å². The summed E-state index contributed by atoms with van der Waals surface area (Å²) in [5.74, 6) is 0.658. The fourth-order valence-electron chi connectivity index (χ4n) is 3.89. The van der Waals surface area contributed by atoms with E-state index in [0.29, 0.717) is 12.2 Å². The number of hydrogen-bond donors (Lipinski definition) is 3. The predicted molar refractivity (Wildman–Crippen MR) is 130 cm³/mol. The van der Waals surface area contributed by atoms with Crippen LogP contribution in [0.4, 0.5) is 22.1 Å². The number of hydrogen-bond acceptors (Lipinski definition) is 10. The van der Waals surface area contributed by atoms with Gasteiger partial charge in [-0.05, 0) is 45.2 Å². The van der Waals surface area contributed by atoms with Gasteiger partial charge in [0.25, 0.3) is 0 Å². The van der Waals surface area contributed by atoms with Gasteiger partial charge in [0, 0.05) is 23.7 Å². The lowest BCUT2D eigenvalue weighted by molar-refractivity contribution is 0.0981. The standard InChI is InChI=1S/C20H30N6O7S2/c1-12(2)21-20(27)33-14-7-6-13(10-14)15-11-18(25-24-15)22-17-9-8-16(19(23-17)32-3)26(34(4,28)29)35(5,30)31/h8-9,11-14H,6-7,10H2,1-5H3,(H,21,27)(H2,22,23,24,25). The van der Waals surface area contributed by atoms with Gasteiger partial charge >= 0.3 is 6.09 Å². The van der Waals surface area contributed by atoms with Gasteiger partial charge in [0.1, 0.15) is 17.6 Å². The van der Waals surface area contributed by atoms with Crippen molar-refractivity contribution >= 4 is 43.5 Å². The van der Waals surface area contributed by atoms with E-state index in [1.807, 2.05) is 19.9 Å². The molecule has 13 nitrogen and oxygen atoms in total. The van der Waals surface area contributed by atoms with Crippen molar-refractivity contribution < 1.29 is 31.1 Å². The van der Waals surface area contributed by atoms with Crippen LogP contribution in [0.15, 0.2) is 18.2 Å².